The SMILES string of the molecule is CCC(CCN)N1CCN2C(=O)NCC2C1. The van der Waals surface area contributed by atoms with Gasteiger partial charge < -0.3 is 16.0 Å². The molecule has 0 aromatic carbocycles. The first-order chi connectivity index (χ1) is 7.76. The maximum atomic E-state index is 11.5. The predicted octanol–water partition coefficient (Wildman–Crippen LogP) is -0.177. The number of fused-ring (bicyclic) bond motifs is 1. The van der Waals surface area contributed by atoms with E-state index in [1.807, 2.05) is 4.90 Å². The Bertz CT molecular complexity index is 258. The van der Waals surface area contributed by atoms with E-state index in [-0.39, 0.29) is 6.03 Å². The summed E-state index contributed by atoms with van der Waals surface area (Å²) >= 11 is 0. The third-order valence-corrected chi connectivity index (χ3v) is 3.75. The predicted molar refractivity (Wildman–Crippen MR) is 63.2 cm³/mol. The molecule has 0 spiro atoms. The van der Waals surface area contributed by atoms with E-state index in [0.717, 1.165) is 45.6 Å². The van der Waals surface area contributed by atoms with Crippen LogP contribution in [0.1, 0.15) is 19.8 Å². The van der Waals surface area contributed by atoms with Gasteiger partial charge in [0.05, 0.1) is 6.04 Å². The van der Waals surface area contributed by atoms with Crippen LogP contribution in [-0.2, 0) is 0 Å². The number of carbonyl (C=O) groups excluding carboxylic acids is 1. The Morgan fingerprint density at radius 2 is 2.38 bits per heavy atom. The molecule has 2 aliphatic heterocycles. The number of hydrogen-bond donors (Lipinski definition) is 2. The average molecular weight is 226 g/mol. The van der Waals surface area contributed by atoms with E-state index in [9.17, 15) is 4.79 Å². The van der Waals surface area contributed by atoms with Gasteiger partial charge in [-0.05, 0) is 19.4 Å². The smallest absolute Gasteiger partial charge is 0.317 e. The number of piperazine rings is 1. The Hall–Kier alpha value is -0.810. The van der Waals surface area contributed by atoms with E-state index in [2.05, 4.69) is 17.1 Å². The molecule has 2 fully saturated rings. The number of nitrogens with zero attached hydrogens (tertiary/aromatic N) is 2. The fraction of sp³-hybridized carbons (Fsp3) is 0.909. The van der Waals surface area contributed by atoms with Gasteiger partial charge in [0.25, 0.3) is 0 Å². The van der Waals surface area contributed by atoms with Crippen LogP contribution in [0.4, 0.5) is 4.79 Å². The summed E-state index contributed by atoms with van der Waals surface area (Å²) in [6, 6.07) is 1.06. The van der Waals surface area contributed by atoms with E-state index >= 15 is 0 Å². The Morgan fingerprint density at radius 1 is 1.56 bits per heavy atom. The fourth-order valence-electron chi connectivity index (χ4n) is 2.80. The lowest BCUT2D eigenvalue weighted by atomic mass is 10.1. The second-order valence-electron chi connectivity index (χ2n) is 4.67. The van der Waals surface area contributed by atoms with E-state index in [0.29, 0.717) is 12.1 Å². The van der Waals surface area contributed by atoms with Crippen molar-refractivity contribution in [3.05, 3.63) is 0 Å². The van der Waals surface area contributed by atoms with Crippen LogP contribution >= 0.6 is 0 Å². The first kappa shape index (κ1) is 11.7. The van der Waals surface area contributed by atoms with Crippen molar-refractivity contribution in [2.24, 2.45) is 5.73 Å². The van der Waals surface area contributed by atoms with Crippen molar-refractivity contribution in [2.75, 3.05) is 32.7 Å². The van der Waals surface area contributed by atoms with Crippen molar-refractivity contribution < 1.29 is 4.79 Å². The second-order valence-corrected chi connectivity index (χ2v) is 4.67. The molecule has 2 saturated heterocycles. The molecule has 5 nitrogen and oxygen atoms in total. The molecule has 2 atom stereocenters. The fourth-order valence-corrected chi connectivity index (χ4v) is 2.80. The highest BCUT2D eigenvalue weighted by atomic mass is 16.2. The van der Waals surface area contributed by atoms with E-state index in [4.69, 9.17) is 5.73 Å². The number of hydrogen-bond acceptors (Lipinski definition) is 3. The van der Waals surface area contributed by atoms with Gasteiger partial charge in [-0.15, -0.1) is 0 Å². The molecule has 0 aromatic rings. The third kappa shape index (κ3) is 2.15. The summed E-state index contributed by atoms with van der Waals surface area (Å²) in [5.74, 6) is 0. The van der Waals surface area contributed by atoms with E-state index in [1.54, 1.807) is 0 Å². The largest absolute Gasteiger partial charge is 0.336 e. The number of rotatable bonds is 4. The van der Waals surface area contributed by atoms with Crippen molar-refractivity contribution in [3.8, 4) is 0 Å². The highest BCUT2D eigenvalue weighted by Gasteiger charge is 2.36. The van der Waals surface area contributed by atoms with Crippen LogP contribution in [0.15, 0.2) is 0 Å². The van der Waals surface area contributed by atoms with Gasteiger partial charge in [-0.2, -0.15) is 0 Å². The molecular formula is C11H22N4O. The summed E-state index contributed by atoms with van der Waals surface area (Å²) in [5.41, 5.74) is 5.64. The minimum atomic E-state index is 0.108. The Kier molecular flexibility index (Phi) is 3.66. The Morgan fingerprint density at radius 3 is 3.06 bits per heavy atom. The Balaban J connectivity index is 1.92. The lowest BCUT2D eigenvalue weighted by molar-refractivity contribution is 0.0836. The van der Waals surface area contributed by atoms with E-state index < -0.39 is 0 Å². The minimum Gasteiger partial charge on any atom is -0.336 e. The molecule has 0 aliphatic carbocycles. The van der Waals surface area contributed by atoms with Gasteiger partial charge in [-0.3, -0.25) is 4.90 Å². The van der Waals surface area contributed by atoms with Crippen LogP contribution in [0.2, 0.25) is 0 Å². The monoisotopic (exact) mass is 226 g/mol. The molecule has 2 heterocycles. The van der Waals surface area contributed by atoms with Crippen LogP contribution in [0.5, 0.6) is 0 Å². The lowest BCUT2D eigenvalue weighted by Gasteiger charge is -2.40. The number of carbonyl (C=O) groups is 1. The molecule has 5 heteroatoms. The van der Waals surface area contributed by atoms with Crippen molar-refractivity contribution in [1.29, 1.82) is 0 Å². The second kappa shape index (κ2) is 5.01. The summed E-state index contributed by atoms with van der Waals surface area (Å²) in [6.07, 6.45) is 2.20. The lowest BCUT2D eigenvalue weighted by Crippen LogP contribution is -2.55. The molecule has 2 unspecified atom stereocenters. The zero-order valence-corrected chi connectivity index (χ0v) is 9.98. The van der Waals surface area contributed by atoms with Crippen LogP contribution in [0.3, 0.4) is 0 Å². The summed E-state index contributed by atoms with van der Waals surface area (Å²) in [5, 5.41) is 2.91. The zero-order valence-electron chi connectivity index (χ0n) is 9.98. The number of nitrogens with one attached hydrogen (secondary N) is 1. The van der Waals surface area contributed by atoms with Gasteiger partial charge in [-0.1, -0.05) is 6.92 Å². The molecule has 16 heavy (non-hydrogen) atoms. The van der Waals surface area contributed by atoms with Crippen molar-refractivity contribution in [1.82, 2.24) is 15.1 Å². The van der Waals surface area contributed by atoms with Gasteiger partial charge in [-0.25, -0.2) is 4.79 Å². The molecule has 0 bridgehead atoms. The molecule has 2 rings (SSSR count). The molecule has 3 N–H and O–H groups in total. The van der Waals surface area contributed by atoms with Crippen LogP contribution in [0.25, 0.3) is 0 Å². The van der Waals surface area contributed by atoms with Crippen LogP contribution in [0, 0.1) is 0 Å². The zero-order chi connectivity index (χ0) is 11.5. The van der Waals surface area contributed by atoms with E-state index in [1.165, 1.54) is 0 Å². The summed E-state index contributed by atoms with van der Waals surface area (Å²) in [6.45, 7) is 6.61. The highest BCUT2D eigenvalue weighted by molar-refractivity contribution is 5.77. The third-order valence-electron chi connectivity index (χ3n) is 3.75. The van der Waals surface area contributed by atoms with Gasteiger partial charge in [0, 0.05) is 32.2 Å². The summed E-state index contributed by atoms with van der Waals surface area (Å²) < 4.78 is 0. The first-order valence-electron chi connectivity index (χ1n) is 6.24. The molecule has 0 saturated carbocycles. The van der Waals surface area contributed by atoms with Crippen LogP contribution < -0.4 is 11.1 Å². The number of urea groups is 1. The van der Waals surface area contributed by atoms with Crippen LogP contribution in [-0.4, -0.2) is 60.6 Å². The maximum Gasteiger partial charge on any atom is 0.317 e. The summed E-state index contributed by atoms with van der Waals surface area (Å²) in [4.78, 5) is 15.9. The molecule has 2 amide bonds. The van der Waals surface area contributed by atoms with Gasteiger partial charge in [0.2, 0.25) is 0 Å². The normalized spacial score (nSPS) is 27.8. The molecule has 92 valence electrons. The minimum absolute atomic E-state index is 0.108. The quantitative estimate of drug-likeness (QED) is 0.699. The van der Waals surface area contributed by atoms with Crippen molar-refractivity contribution in [3.63, 3.8) is 0 Å². The van der Waals surface area contributed by atoms with Crippen molar-refractivity contribution in [2.45, 2.75) is 31.8 Å². The maximum absolute atomic E-state index is 11.5. The topological polar surface area (TPSA) is 61.6 Å². The van der Waals surface area contributed by atoms with Gasteiger partial charge >= 0.3 is 6.03 Å². The molecule has 2 aliphatic rings. The number of amides is 2. The molecular weight excluding hydrogens is 204 g/mol. The van der Waals surface area contributed by atoms with Crippen molar-refractivity contribution >= 4 is 6.03 Å². The van der Waals surface area contributed by atoms with Gasteiger partial charge in [0.1, 0.15) is 0 Å². The Labute approximate surface area is 96.9 Å². The number of nitrogens with two attached hydrogens (primary N) is 1. The standard InChI is InChI=1S/C11H22N4O/c1-2-9(3-4-12)14-5-6-15-10(8-14)7-13-11(15)16/h9-10H,2-8,12H2,1H3,(H,13,16). The highest BCUT2D eigenvalue weighted by Crippen LogP contribution is 2.18. The first-order valence-corrected chi connectivity index (χ1v) is 6.24. The average Bonchev–Trinajstić information content (AvgIpc) is 2.67. The van der Waals surface area contributed by atoms with Gasteiger partial charge in [0.15, 0.2) is 0 Å². The molecule has 0 radical (unpaired) electrons. The summed E-state index contributed by atoms with van der Waals surface area (Å²) in [7, 11) is 0. The molecule has 0 aromatic heterocycles.